The van der Waals surface area contributed by atoms with Gasteiger partial charge in [-0.25, -0.2) is 9.59 Å². The molecule has 0 aliphatic carbocycles. The molecule has 0 bridgehead atoms. The second-order valence-electron chi connectivity index (χ2n) is 5.09. The summed E-state index contributed by atoms with van der Waals surface area (Å²) < 4.78 is 0. The number of hydrogen-bond acceptors (Lipinski definition) is 6. The summed E-state index contributed by atoms with van der Waals surface area (Å²) >= 11 is 0. The predicted octanol–water partition coefficient (Wildman–Crippen LogP) is 0.941. The van der Waals surface area contributed by atoms with Crippen LogP contribution in [0.1, 0.15) is 55.3 Å². The first kappa shape index (κ1) is 24.8. The molecule has 2 rings (SSSR count). The first-order chi connectivity index (χ1) is 12.1. The number of ketones is 2. The van der Waals surface area contributed by atoms with Gasteiger partial charge in [0.25, 0.3) is 0 Å². The van der Waals surface area contributed by atoms with Gasteiger partial charge < -0.3 is 20.4 Å². The second kappa shape index (κ2) is 10.8. The standard InChI is InChI=1S/2C9H8O4.Sr/c2*1-5(10)6-3-2-4-7(8(6)11)9(12)13;/h2*2-4,11H,1H3,(H,12,13);/q;;+2/p-2. The van der Waals surface area contributed by atoms with Gasteiger partial charge in [-0.2, -0.15) is 0 Å². The summed E-state index contributed by atoms with van der Waals surface area (Å²) in [6.45, 7) is 2.45. The maximum absolute atomic E-state index is 11.3. The van der Waals surface area contributed by atoms with Gasteiger partial charge in [0.2, 0.25) is 0 Å². The molecule has 0 radical (unpaired) electrons. The van der Waals surface area contributed by atoms with Gasteiger partial charge >= 0.3 is 57.4 Å². The molecule has 8 nitrogen and oxygen atoms in total. The third-order valence-corrected chi connectivity index (χ3v) is 3.25. The number of carbonyl (C=O) groups excluding carboxylic acids is 2. The fraction of sp³-hybridized carbons (Fsp3) is 0.111. The van der Waals surface area contributed by atoms with E-state index in [2.05, 4.69) is 0 Å². The van der Waals surface area contributed by atoms with E-state index in [1.165, 1.54) is 50.2 Å². The van der Waals surface area contributed by atoms with Crippen molar-refractivity contribution in [1.29, 1.82) is 0 Å². The maximum atomic E-state index is 11.3. The summed E-state index contributed by atoms with van der Waals surface area (Å²) in [6.07, 6.45) is 0. The quantitative estimate of drug-likeness (QED) is 0.520. The summed E-state index contributed by atoms with van der Waals surface area (Å²) in [6, 6.07) is 7.74. The van der Waals surface area contributed by atoms with Crippen molar-refractivity contribution in [2.45, 2.75) is 13.8 Å². The van der Waals surface area contributed by atoms with Crippen molar-refractivity contribution in [3.63, 3.8) is 0 Å². The largest absolute Gasteiger partial charge is 2.00 e. The van der Waals surface area contributed by atoms with Crippen LogP contribution in [0.25, 0.3) is 0 Å². The zero-order valence-corrected chi connectivity index (χ0v) is 18.0. The van der Waals surface area contributed by atoms with Crippen molar-refractivity contribution < 1.29 is 39.6 Å². The molecule has 0 saturated heterocycles. The van der Waals surface area contributed by atoms with Crippen LogP contribution in [0.2, 0.25) is 0 Å². The Hall–Kier alpha value is -2.20. The zero-order chi connectivity index (χ0) is 20.0. The van der Waals surface area contributed by atoms with Crippen LogP contribution in [0, 0.1) is 0 Å². The average molecular weight is 446 g/mol. The summed E-state index contributed by atoms with van der Waals surface area (Å²) in [5.41, 5.74) is -0.903. The first-order valence-corrected chi connectivity index (χ1v) is 7.16. The minimum Gasteiger partial charge on any atom is -0.871 e. The summed E-state index contributed by atoms with van der Waals surface area (Å²) in [5, 5.41) is 39.6. The molecule has 0 amide bonds. The number of carboxylic acid groups (broad SMARTS) is 2. The number of carboxylic acids is 2. The molecular weight excluding hydrogens is 432 g/mol. The Labute approximate surface area is 191 Å². The second-order valence-corrected chi connectivity index (χ2v) is 5.09. The van der Waals surface area contributed by atoms with E-state index in [0.29, 0.717) is 0 Å². The fourth-order valence-corrected chi connectivity index (χ4v) is 1.97. The first-order valence-electron chi connectivity index (χ1n) is 7.16. The fourth-order valence-electron chi connectivity index (χ4n) is 1.97. The smallest absolute Gasteiger partial charge is 0.871 e. The molecule has 0 fully saturated rings. The molecule has 0 heterocycles. The van der Waals surface area contributed by atoms with Gasteiger partial charge in [-0.05, 0) is 26.0 Å². The molecule has 0 unspecified atom stereocenters. The Bertz CT molecular complexity index is 751. The van der Waals surface area contributed by atoms with E-state index in [0.717, 1.165) is 0 Å². The monoisotopic (exact) mass is 446 g/mol. The number of benzene rings is 2. The van der Waals surface area contributed by atoms with Gasteiger partial charge in [-0.3, -0.25) is 9.59 Å². The summed E-state index contributed by atoms with van der Waals surface area (Å²) in [7, 11) is 0. The van der Waals surface area contributed by atoms with Crippen molar-refractivity contribution in [2.24, 2.45) is 0 Å². The number of para-hydroxylation sites is 2. The van der Waals surface area contributed by atoms with Gasteiger partial charge in [-0.1, -0.05) is 35.8 Å². The van der Waals surface area contributed by atoms with Crippen molar-refractivity contribution in [3.8, 4) is 11.5 Å². The Morgan fingerprint density at radius 2 is 0.926 bits per heavy atom. The van der Waals surface area contributed by atoms with Crippen LogP contribution in [-0.2, 0) is 0 Å². The molecule has 2 aromatic carbocycles. The van der Waals surface area contributed by atoms with Crippen molar-refractivity contribution in [1.82, 2.24) is 0 Å². The Morgan fingerprint density at radius 1 is 0.667 bits per heavy atom. The van der Waals surface area contributed by atoms with Crippen LogP contribution in [0.3, 0.4) is 0 Å². The third-order valence-electron chi connectivity index (χ3n) is 3.25. The third kappa shape index (κ3) is 6.47. The van der Waals surface area contributed by atoms with Crippen molar-refractivity contribution >= 4 is 69.0 Å². The van der Waals surface area contributed by atoms with Gasteiger partial charge in [-0.15, -0.1) is 0 Å². The van der Waals surface area contributed by atoms with Gasteiger partial charge in [0, 0.05) is 11.1 Å². The molecule has 136 valence electrons. The molecule has 27 heavy (non-hydrogen) atoms. The minimum absolute atomic E-state index is 0. The Kier molecular flexibility index (Phi) is 9.95. The molecule has 0 aliphatic heterocycles. The average Bonchev–Trinajstić information content (AvgIpc) is 2.54. The Balaban J connectivity index is 0.000000483. The normalized spacial score (nSPS) is 9.26. The zero-order valence-electron chi connectivity index (χ0n) is 14.5. The molecule has 0 aromatic heterocycles. The molecule has 2 N–H and O–H groups in total. The molecule has 9 heteroatoms. The van der Waals surface area contributed by atoms with E-state index in [1.54, 1.807) is 0 Å². The SMILES string of the molecule is CC(=O)c1cccc(C(=O)O)c1[O-].CC(=O)c1cccc(C(=O)O)c1[O-].[Sr+2]. The number of hydrogen-bond donors (Lipinski definition) is 2. The number of aromatic carboxylic acids is 2. The van der Waals surface area contributed by atoms with Crippen LogP contribution in [0.4, 0.5) is 0 Å². The van der Waals surface area contributed by atoms with E-state index in [-0.39, 0.29) is 67.7 Å². The summed E-state index contributed by atoms with van der Waals surface area (Å²) in [5.74, 6) is -4.91. The molecule has 0 atom stereocenters. The van der Waals surface area contributed by atoms with E-state index in [9.17, 15) is 29.4 Å². The van der Waals surface area contributed by atoms with Crippen LogP contribution >= 0.6 is 0 Å². The van der Waals surface area contributed by atoms with Crippen LogP contribution in [-0.4, -0.2) is 79.2 Å². The van der Waals surface area contributed by atoms with Crippen molar-refractivity contribution in [3.05, 3.63) is 58.7 Å². The maximum Gasteiger partial charge on any atom is 2.00 e. The van der Waals surface area contributed by atoms with Crippen molar-refractivity contribution in [2.75, 3.05) is 0 Å². The van der Waals surface area contributed by atoms with Crippen LogP contribution < -0.4 is 10.2 Å². The number of Topliss-reactive ketones (excluding diaryl/α,β-unsaturated/α-hetero) is 2. The van der Waals surface area contributed by atoms with Gasteiger partial charge in [0.1, 0.15) is 0 Å². The molecule has 0 saturated carbocycles. The van der Waals surface area contributed by atoms with Gasteiger partial charge in [0.15, 0.2) is 11.6 Å². The molecular formula is C18H14O8Sr. The van der Waals surface area contributed by atoms with E-state index < -0.39 is 35.0 Å². The molecule has 2 aromatic rings. The predicted molar refractivity (Wildman–Crippen MR) is 91.5 cm³/mol. The molecule has 0 spiro atoms. The van der Waals surface area contributed by atoms with E-state index >= 15 is 0 Å². The van der Waals surface area contributed by atoms with Crippen LogP contribution in [0.15, 0.2) is 36.4 Å². The van der Waals surface area contributed by atoms with E-state index in [4.69, 9.17) is 10.2 Å². The Morgan fingerprint density at radius 3 is 1.15 bits per heavy atom. The van der Waals surface area contributed by atoms with Crippen LogP contribution in [0.5, 0.6) is 11.5 Å². The minimum atomic E-state index is -1.31. The summed E-state index contributed by atoms with van der Waals surface area (Å²) in [4.78, 5) is 42.7. The van der Waals surface area contributed by atoms with E-state index in [1.807, 2.05) is 0 Å². The molecule has 0 aliphatic rings. The topological polar surface area (TPSA) is 155 Å². The number of rotatable bonds is 4. The van der Waals surface area contributed by atoms with Gasteiger partial charge in [0.05, 0.1) is 11.1 Å². The number of carbonyl (C=O) groups is 4.